The zero-order valence-corrected chi connectivity index (χ0v) is 26.2. The molecule has 224 valence electrons. The van der Waals surface area contributed by atoms with Gasteiger partial charge in [-0.1, -0.05) is 43.3 Å². The van der Waals surface area contributed by atoms with E-state index in [1.165, 1.54) is 11.1 Å². The van der Waals surface area contributed by atoms with E-state index in [2.05, 4.69) is 73.9 Å². The van der Waals surface area contributed by atoms with Crippen LogP contribution in [0.15, 0.2) is 60.8 Å². The molecule has 2 aliphatic heterocycles. The Kier molecular flexibility index (Phi) is 8.32. The molecular weight excluding hydrogens is 534 g/mol. The number of carbonyl (C=O) groups excluding carboxylic acids is 1. The predicted molar refractivity (Wildman–Crippen MR) is 173 cm³/mol. The van der Waals surface area contributed by atoms with Gasteiger partial charge in [0.05, 0.1) is 36.1 Å². The number of piperazine rings is 1. The van der Waals surface area contributed by atoms with Gasteiger partial charge in [0.1, 0.15) is 0 Å². The number of nitrogens with zero attached hydrogens (tertiary/aromatic N) is 5. The van der Waals surface area contributed by atoms with Crippen molar-refractivity contribution < 1.29 is 9.53 Å². The molecule has 7 heteroatoms. The Hall–Kier alpha value is -3.65. The van der Waals surface area contributed by atoms with Crippen molar-refractivity contribution in [1.29, 1.82) is 0 Å². The minimum atomic E-state index is -0.0760. The van der Waals surface area contributed by atoms with Gasteiger partial charge < -0.3 is 14.5 Å². The highest BCUT2D eigenvalue weighted by molar-refractivity contribution is 5.97. The number of amides is 1. The molecule has 0 N–H and O–H groups in total. The molecule has 0 aliphatic carbocycles. The van der Waals surface area contributed by atoms with Crippen molar-refractivity contribution in [2.24, 2.45) is 0 Å². The zero-order valence-electron chi connectivity index (χ0n) is 26.2. The topological polar surface area (TPSA) is 61.8 Å². The molecule has 0 spiro atoms. The molecule has 0 saturated carbocycles. The van der Waals surface area contributed by atoms with Gasteiger partial charge in [-0.05, 0) is 74.7 Å². The second kappa shape index (κ2) is 12.2. The number of likely N-dealkylation sites (N-methyl/N-ethyl adjacent to an activating group) is 1. The van der Waals surface area contributed by atoms with Crippen molar-refractivity contribution in [2.75, 3.05) is 59.0 Å². The lowest BCUT2D eigenvalue weighted by Crippen LogP contribution is -2.48. The third kappa shape index (κ3) is 5.81. The predicted octanol–water partition coefficient (Wildman–Crippen LogP) is 5.93. The highest BCUT2D eigenvalue weighted by Gasteiger charge is 2.31. The van der Waals surface area contributed by atoms with E-state index in [4.69, 9.17) is 14.7 Å². The fourth-order valence-corrected chi connectivity index (χ4v) is 6.72. The van der Waals surface area contributed by atoms with Crippen LogP contribution < -0.4 is 0 Å². The van der Waals surface area contributed by atoms with Crippen LogP contribution in [0.25, 0.3) is 33.4 Å². The Morgan fingerprint density at radius 1 is 0.884 bits per heavy atom. The monoisotopic (exact) mass is 577 g/mol. The number of morpholine rings is 1. The van der Waals surface area contributed by atoms with Gasteiger partial charge in [0.15, 0.2) is 0 Å². The van der Waals surface area contributed by atoms with Gasteiger partial charge in [-0.3, -0.25) is 14.7 Å². The third-order valence-corrected chi connectivity index (χ3v) is 9.43. The molecule has 1 amide bonds. The van der Waals surface area contributed by atoms with Gasteiger partial charge >= 0.3 is 0 Å². The maximum atomic E-state index is 13.3. The number of hydrogen-bond donors (Lipinski definition) is 0. The van der Waals surface area contributed by atoms with Crippen LogP contribution in [0, 0.1) is 13.8 Å². The van der Waals surface area contributed by atoms with E-state index >= 15 is 0 Å². The van der Waals surface area contributed by atoms with E-state index < -0.39 is 0 Å². The van der Waals surface area contributed by atoms with Crippen molar-refractivity contribution in [3.63, 3.8) is 0 Å². The summed E-state index contributed by atoms with van der Waals surface area (Å²) in [4.78, 5) is 30.1. The Morgan fingerprint density at radius 3 is 2.30 bits per heavy atom. The first kappa shape index (κ1) is 29.4. The van der Waals surface area contributed by atoms with E-state index in [0.717, 1.165) is 104 Å². The molecule has 2 aliphatic rings. The number of rotatable bonds is 6. The van der Waals surface area contributed by atoms with Crippen LogP contribution in [-0.2, 0) is 10.3 Å². The molecule has 43 heavy (non-hydrogen) atoms. The Morgan fingerprint density at radius 2 is 1.60 bits per heavy atom. The van der Waals surface area contributed by atoms with E-state index in [9.17, 15) is 4.79 Å². The molecule has 2 fully saturated rings. The van der Waals surface area contributed by atoms with Crippen molar-refractivity contribution >= 4 is 16.9 Å². The van der Waals surface area contributed by atoms with Gasteiger partial charge in [0, 0.05) is 61.5 Å². The quantitative estimate of drug-likeness (QED) is 0.283. The van der Waals surface area contributed by atoms with E-state index in [1.54, 1.807) is 0 Å². The van der Waals surface area contributed by atoms with Gasteiger partial charge in [-0.2, -0.15) is 0 Å². The maximum absolute atomic E-state index is 13.3. The number of aromatic nitrogens is 2. The summed E-state index contributed by atoms with van der Waals surface area (Å²) in [5.41, 5.74) is 9.98. The molecule has 0 bridgehead atoms. The summed E-state index contributed by atoms with van der Waals surface area (Å²) in [6.45, 7) is 18.9. The van der Waals surface area contributed by atoms with Crippen LogP contribution in [-0.4, -0.2) is 89.6 Å². The first-order valence-electron chi connectivity index (χ1n) is 15.6. The Bertz CT molecular complexity index is 1630. The van der Waals surface area contributed by atoms with Crippen LogP contribution in [0.4, 0.5) is 0 Å². The average Bonchev–Trinajstić information content (AvgIpc) is 3.04. The normalized spacial score (nSPS) is 17.0. The zero-order chi connectivity index (χ0) is 30.1. The summed E-state index contributed by atoms with van der Waals surface area (Å²) in [6, 6.07) is 19.0. The minimum absolute atomic E-state index is 0.0760. The first-order valence-corrected chi connectivity index (χ1v) is 15.6. The SMILES string of the molecule is CCN1CCN(C(=O)c2ccc(-c3cnc4cccc(-c5ccc(C(C)(C)N6CCOCC6)c(C)c5)c4n3)cc2C)CC1. The number of para-hydroxylation sites is 1. The second-order valence-corrected chi connectivity index (χ2v) is 12.4. The largest absolute Gasteiger partial charge is 0.379 e. The van der Waals surface area contributed by atoms with Crippen LogP contribution >= 0.6 is 0 Å². The highest BCUT2D eigenvalue weighted by Crippen LogP contribution is 2.35. The molecule has 7 nitrogen and oxygen atoms in total. The second-order valence-electron chi connectivity index (χ2n) is 12.4. The average molecular weight is 578 g/mol. The highest BCUT2D eigenvalue weighted by atomic mass is 16.5. The van der Waals surface area contributed by atoms with E-state index in [0.29, 0.717) is 0 Å². The van der Waals surface area contributed by atoms with Crippen molar-refractivity contribution in [1.82, 2.24) is 24.7 Å². The van der Waals surface area contributed by atoms with Crippen LogP contribution in [0.5, 0.6) is 0 Å². The molecule has 0 atom stereocenters. The molecule has 1 aromatic heterocycles. The molecular formula is C36H43N5O2. The van der Waals surface area contributed by atoms with E-state index in [1.807, 2.05) is 36.2 Å². The number of hydrogen-bond acceptors (Lipinski definition) is 6. The van der Waals surface area contributed by atoms with Gasteiger partial charge in [0.2, 0.25) is 0 Å². The summed E-state index contributed by atoms with van der Waals surface area (Å²) in [5, 5.41) is 0. The Labute approximate surface area is 255 Å². The molecule has 4 aromatic rings. The number of benzene rings is 3. The third-order valence-electron chi connectivity index (χ3n) is 9.43. The number of aryl methyl sites for hydroxylation is 2. The smallest absolute Gasteiger partial charge is 0.254 e. The van der Waals surface area contributed by atoms with Crippen molar-refractivity contribution in [3.8, 4) is 22.4 Å². The number of ether oxygens (including phenoxy) is 1. The number of carbonyl (C=O) groups is 1. The van der Waals surface area contributed by atoms with Crippen LogP contribution in [0.2, 0.25) is 0 Å². The standard InChI is InChI=1S/C36H43N5O2/c1-6-39-14-16-40(17-15-39)35(42)29-12-10-28(22-25(29)2)33-24-37-32-9-7-8-30(34(32)38-33)27-11-13-31(26(3)23-27)36(4,5)41-18-20-43-21-19-41/h7-13,22-24H,6,14-21H2,1-5H3. The summed E-state index contributed by atoms with van der Waals surface area (Å²) in [6.07, 6.45) is 1.84. The molecule has 0 unspecified atom stereocenters. The van der Waals surface area contributed by atoms with Crippen molar-refractivity contribution in [3.05, 3.63) is 83.0 Å². The van der Waals surface area contributed by atoms with Crippen LogP contribution in [0.3, 0.4) is 0 Å². The summed E-state index contributed by atoms with van der Waals surface area (Å²) >= 11 is 0. The summed E-state index contributed by atoms with van der Waals surface area (Å²) in [5.74, 6) is 0.113. The lowest BCUT2D eigenvalue weighted by Gasteiger charge is -2.42. The van der Waals surface area contributed by atoms with Crippen molar-refractivity contribution in [2.45, 2.75) is 40.2 Å². The fraction of sp³-hybridized carbons (Fsp3) is 0.417. The minimum Gasteiger partial charge on any atom is -0.379 e. The molecule has 3 aromatic carbocycles. The summed E-state index contributed by atoms with van der Waals surface area (Å²) in [7, 11) is 0. The molecule has 6 rings (SSSR count). The lowest BCUT2D eigenvalue weighted by atomic mass is 9.86. The molecule has 3 heterocycles. The fourth-order valence-electron chi connectivity index (χ4n) is 6.72. The first-order chi connectivity index (χ1) is 20.8. The lowest BCUT2D eigenvalue weighted by molar-refractivity contribution is -0.0120. The van der Waals surface area contributed by atoms with Crippen LogP contribution in [0.1, 0.15) is 47.8 Å². The van der Waals surface area contributed by atoms with Gasteiger partial charge in [-0.15, -0.1) is 0 Å². The summed E-state index contributed by atoms with van der Waals surface area (Å²) < 4.78 is 5.60. The van der Waals surface area contributed by atoms with Gasteiger partial charge in [0.25, 0.3) is 5.91 Å². The van der Waals surface area contributed by atoms with E-state index in [-0.39, 0.29) is 11.4 Å². The number of fused-ring (bicyclic) bond motifs is 1. The molecule has 0 radical (unpaired) electrons. The van der Waals surface area contributed by atoms with Gasteiger partial charge in [-0.25, -0.2) is 4.98 Å². The molecule has 2 saturated heterocycles. The Balaban J connectivity index is 1.29. The maximum Gasteiger partial charge on any atom is 0.254 e.